The van der Waals surface area contributed by atoms with Crippen molar-refractivity contribution in [3.63, 3.8) is 0 Å². The molecule has 3 rings (SSSR count). The molecule has 0 aliphatic carbocycles. The first kappa shape index (κ1) is 19.7. The minimum atomic E-state index is -3.64. The number of amides is 1. The standard InChI is InChI=1S/C21H22N2O4S/c1-3-27-18-13-11-17(12-14-18)23(28(2,25)26)15-21(24)22-20-10-6-8-16-7-4-5-9-19(16)20/h4-14H,3,15H2,1-2H3,(H,22,24). The number of rotatable bonds is 7. The van der Waals surface area contributed by atoms with Crippen molar-refractivity contribution in [2.75, 3.05) is 29.0 Å². The van der Waals surface area contributed by atoms with Crippen LogP contribution in [0.1, 0.15) is 6.92 Å². The van der Waals surface area contributed by atoms with Gasteiger partial charge in [-0.1, -0.05) is 36.4 Å². The normalized spacial score (nSPS) is 11.2. The van der Waals surface area contributed by atoms with Crippen LogP contribution < -0.4 is 14.4 Å². The maximum absolute atomic E-state index is 12.6. The van der Waals surface area contributed by atoms with Gasteiger partial charge in [-0.25, -0.2) is 8.42 Å². The molecule has 0 spiro atoms. The number of sulfonamides is 1. The van der Waals surface area contributed by atoms with Gasteiger partial charge in [-0.3, -0.25) is 9.10 Å². The Morgan fingerprint density at radius 1 is 1.00 bits per heavy atom. The number of carbonyl (C=O) groups is 1. The Labute approximate surface area is 164 Å². The number of ether oxygens (including phenoxy) is 1. The molecule has 7 heteroatoms. The third kappa shape index (κ3) is 4.61. The molecule has 28 heavy (non-hydrogen) atoms. The second-order valence-electron chi connectivity index (χ2n) is 6.27. The van der Waals surface area contributed by atoms with E-state index in [4.69, 9.17) is 4.74 Å². The molecule has 3 aromatic carbocycles. The van der Waals surface area contributed by atoms with E-state index in [1.54, 1.807) is 30.3 Å². The summed E-state index contributed by atoms with van der Waals surface area (Å²) in [6.45, 7) is 2.06. The third-order valence-electron chi connectivity index (χ3n) is 4.19. The van der Waals surface area contributed by atoms with E-state index >= 15 is 0 Å². The molecule has 0 aliphatic rings. The van der Waals surface area contributed by atoms with Crippen molar-refractivity contribution < 1.29 is 17.9 Å². The van der Waals surface area contributed by atoms with E-state index in [2.05, 4.69) is 5.32 Å². The number of anilines is 2. The predicted octanol–water partition coefficient (Wildman–Crippen LogP) is 3.64. The van der Waals surface area contributed by atoms with Crippen molar-refractivity contribution in [3.8, 4) is 5.75 Å². The summed E-state index contributed by atoms with van der Waals surface area (Å²) in [6.07, 6.45) is 1.08. The van der Waals surface area contributed by atoms with Crippen LogP contribution in [0.3, 0.4) is 0 Å². The van der Waals surface area contributed by atoms with Gasteiger partial charge in [0.2, 0.25) is 15.9 Å². The lowest BCUT2D eigenvalue weighted by atomic mass is 10.1. The van der Waals surface area contributed by atoms with Gasteiger partial charge in [0.1, 0.15) is 12.3 Å². The van der Waals surface area contributed by atoms with Gasteiger partial charge in [-0.05, 0) is 42.6 Å². The van der Waals surface area contributed by atoms with Crippen LogP contribution in [-0.2, 0) is 14.8 Å². The lowest BCUT2D eigenvalue weighted by molar-refractivity contribution is -0.114. The predicted molar refractivity (Wildman–Crippen MR) is 112 cm³/mol. The topological polar surface area (TPSA) is 75.7 Å². The van der Waals surface area contributed by atoms with Crippen molar-refractivity contribution in [1.29, 1.82) is 0 Å². The van der Waals surface area contributed by atoms with E-state index in [1.165, 1.54) is 0 Å². The number of nitrogens with one attached hydrogen (secondary N) is 1. The molecule has 0 aliphatic heterocycles. The number of benzene rings is 3. The monoisotopic (exact) mass is 398 g/mol. The highest BCUT2D eigenvalue weighted by Gasteiger charge is 2.21. The van der Waals surface area contributed by atoms with Crippen LogP contribution in [0, 0.1) is 0 Å². The quantitative estimate of drug-likeness (QED) is 0.659. The summed E-state index contributed by atoms with van der Waals surface area (Å²) in [5.74, 6) is 0.218. The highest BCUT2D eigenvalue weighted by atomic mass is 32.2. The molecule has 0 saturated heterocycles. The molecule has 0 unspecified atom stereocenters. The first-order valence-corrected chi connectivity index (χ1v) is 10.7. The second-order valence-corrected chi connectivity index (χ2v) is 8.18. The molecule has 0 heterocycles. The highest BCUT2D eigenvalue weighted by Crippen LogP contribution is 2.24. The number of nitrogens with zero attached hydrogens (tertiary/aromatic N) is 1. The average molecular weight is 398 g/mol. The van der Waals surface area contributed by atoms with Gasteiger partial charge < -0.3 is 10.1 Å². The molecule has 0 bridgehead atoms. The van der Waals surface area contributed by atoms with Gasteiger partial charge in [0.15, 0.2) is 0 Å². The Kier molecular flexibility index (Phi) is 5.84. The smallest absolute Gasteiger partial charge is 0.245 e. The summed E-state index contributed by atoms with van der Waals surface area (Å²) < 4.78 is 31.0. The third-order valence-corrected chi connectivity index (χ3v) is 5.33. The molecule has 3 aromatic rings. The molecule has 1 N–H and O–H groups in total. The Bertz CT molecular complexity index is 1070. The summed E-state index contributed by atoms with van der Waals surface area (Å²) in [7, 11) is -3.64. The summed E-state index contributed by atoms with van der Waals surface area (Å²) in [5, 5.41) is 4.71. The Morgan fingerprint density at radius 2 is 1.68 bits per heavy atom. The maximum atomic E-state index is 12.6. The van der Waals surface area contributed by atoms with Gasteiger partial charge >= 0.3 is 0 Å². The SMILES string of the molecule is CCOc1ccc(N(CC(=O)Nc2cccc3ccccc23)S(C)(=O)=O)cc1. The summed E-state index contributed by atoms with van der Waals surface area (Å²) >= 11 is 0. The van der Waals surface area contributed by atoms with E-state index in [0.29, 0.717) is 23.7 Å². The fourth-order valence-corrected chi connectivity index (χ4v) is 3.79. The lowest BCUT2D eigenvalue weighted by Crippen LogP contribution is -2.37. The Hall–Kier alpha value is -3.06. The number of carbonyl (C=O) groups excluding carboxylic acids is 1. The van der Waals surface area contributed by atoms with E-state index < -0.39 is 15.9 Å². The van der Waals surface area contributed by atoms with Gasteiger partial charge in [-0.15, -0.1) is 0 Å². The molecule has 146 valence electrons. The van der Waals surface area contributed by atoms with Crippen LogP contribution in [0.2, 0.25) is 0 Å². The van der Waals surface area contributed by atoms with Crippen LogP contribution >= 0.6 is 0 Å². The van der Waals surface area contributed by atoms with Crippen molar-refractivity contribution in [3.05, 3.63) is 66.7 Å². The Balaban J connectivity index is 1.82. The molecule has 0 radical (unpaired) electrons. The van der Waals surface area contributed by atoms with Gasteiger partial charge in [0, 0.05) is 11.1 Å². The molecule has 6 nitrogen and oxygen atoms in total. The van der Waals surface area contributed by atoms with Gasteiger partial charge in [0.05, 0.1) is 18.6 Å². The zero-order valence-electron chi connectivity index (χ0n) is 15.8. The average Bonchev–Trinajstić information content (AvgIpc) is 2.67. The Morgan fingerprint density at radius 3 is 2.36 bits per heavy atom. The summed E-state index contributed by atoms with van der Waals surface area (Å²) in [6, 6.07) is 19.9. The number of hydrogen-bond donors (Lipinski definition) is 1. The summed E-state index contributed by atoms with van der Waals surface area (Å²) in [4.78, 5) is 12.6. The molecule has 0 atom stereocenters. The lowest BCUT2D eigenvalue weighted by Gasteiger charge is -2.22. The van der Waals surface area contributed by atoms with Crippen LogP contribution in [0.15, 0.2) is 66.7 Å². The van der Waals surface area contributed by atoms with E-state index in [-0.39, 0.29) is 6.54 Å². The molecule has 0 aromatic heterocycles. The number of hydrogen-bond acceptors (Lipinski definition) is 4. The van der Waals surface area contributed by atoms with E-state index in [0.717, 1.165) is 21.3 Å². The fraction of sp³-hybridized carbons (Fsp3) is 0.190. The van der Waals surface area contributed by atoms with Crippen molar-refractivity contribution in [2.45, 2.75) is 6.92 Å². The second kappa shape index (κ2) is 8.31. The molecular formula is C21H22N2O4S. The highest BCUT2D eigenvalue weighted by molar-refractivity contribution is 7.92. The van der Waals surface area contributed by atoms with Crippen molar-refractivity contribution in [1.82, 2.24) is 0 Å². The van der Waals surface area contributed by atoms with Crippen LogP contribution in [-0.4, -0.2) is 33.7 Å². The van der Waals surface area contributed by atoms with Gasteiger partial charge in [0.25, 0.3) is 0 Å². The fourth-order valence-electron chi connectivity index (χ4n) is 2.93. The zero-order chi connectivity index (χ0) is 20.1. The van der Waals surface area contributed by atoms with Crippen LogP contribution in [0.5, 0.6) is 5.75 Å². The van der Waals surface area contributed by atoms with E-state index in [1.807, 2.05) is 43.3 Å². The van der Waals surface area contributed by atoms with Crippen LogP contribution in [0.4, 0.5) is 11.4 Å². The zero-order valence-corrected chi connectivity index (χ0v) is 16.6. The molecule has 0 fully saturated rings. The van der Waals surface area contributed by atoms with E-state index in [9.17, 15) is 13.2 Å². The molecular weight excluding hydrogens is 376 g/mol. The molecule has 1 amide bonds. The first-order valence-electron chi connectivity index (χ1n) is 8.86. The molecule has 0 saturated carbocycles. The number of fused-ring (bicyclic) bond motifs is 1. The first-order chi connectivity index (χ1) is 13.4. The minimum absolute atomic E-state index is 0.323. The van der Waals surface area contributed by atoms with Gasteiger partial charge in [-0.2, -0.15) is 0 Å². The van der Waals surface area contributed by atoms with Crippen LogP contribution in [0.25, 0.3) is 10.8 Å². The van der Waals surface area contributed by atoms with Crippen molar-refractivity contribution >= 4 is 38.1 Å². The summed E-state index contributed by atoms with van der Waals surface area (Å²) in [5.41, 5.74) is 1.04. The largest absolute Gasteiger partial charge is 0.494 e. The maximum Gasteiger partial charge on any atom is 0.245 e. The minimum Gasteiger partial charge on any atom is -0.494 e. The van der Waals surface area contributed by atoms with Crippen molar-refractivity contribution in [2.24, 2.45) is 0 Å².